The van der Waals surface area contributed by atoms with Crippen molar-refractivity contribution in [3.8, 4) is 11.4 Å². The summed E-state index contributed by atoms with van der Waals surface area (Å²) in [6.07, 6.45) is 1.04. The van der Waals surface area contributed by atoms with Gasteiger partial charge in [0.05, 0.1) is 16.5 Å². The third-order valence-corrected chi connectivity index (χ3v) is 6.43. The van der Waals surface area contributed by atoms with Gasteiger partial charge in [0.2, 0.25) is 5.91 Å². The SMILES string of the molecule is CC(C)NC(=O)Cn1c(-c2ccccc2F)nc2ccc(N3CCCN(C(C)C)CC3)cc2c1=O. The first-order valence-corrected chi connectivity index (χ1v) is 12.3. The molecule has 7 nitrogen and oxygen atoms in total. The fourth-order valence-corrected chi connectivity index (χ4v) is 4.62. The molecule has 0 atom stereocenters. The predicted molar refractivity (Wildman–Crippen MR) is 138 cm³/mol. The van der Waals surface area contributed by atoms with Crippen molar-refractivity contribution >= 4 is 22.5 Å². The van der Waals surface area contributed by atoms with Gasteiger partial charge in [0.1, 0.15) is 18.2 Å². The highest BCUT2D eigenvalue weighted by Gasteiger charge is 2.21. The van der Waals surface area contributed by atoms with Crippen LogP contribution in [0.1, 0.15) is 34.1 Å². The molecule has 0 unspecified atom stereocenters. The highest BCUT2D eigenvalue weighted by Crippen LogP contribution is 2.25. The molecule has 0 bridgehead atoms. The average Bonchev–Trinajstić information content (AvgIpc) is 3.07. The van der Waals surface area contributed by atoms with Gasteiger partial charge in [-0.3, -0.25) is 19.1 Å². The number of fused-ring (bicyclic) bond motifs is 1. The van der Waals surface area contributed by atoms with Gasteiger partial charge in [-0.25, -0.2) is 9.37 Å². The van der Waals surface area contributed by atoms with Gasteiger partial charge in [-0.05, 0) is 64.4 Å². The van der Waals surface area contributed by atoms with Gasteiger partial charge in [-0.1, -0.05) is 12.1 Å². The van der Waals surface area contributed by atoms with Crippen molar-refractivity contribution in [2.75, 3.05) is 31.1 Å². The van der Waals surface area contributed by atoms with E-state index in [9.17, 15) is 14.0 Å². The minimum atomic E-state index is -0.493. The zero-order valence-electron chi connectivity index (χ0n) is 20.9. The number of nitrogens with one attached hydrogen (secondary N) is 1. The largest absolute Gasteiger partial charge is 0.370 e. The molecule has 186 valence electrons. The number of anilines is 1. The van der Waals surface area contributed by atoms with Crippen LogP contribution >= 0.6 is 0 Å². The van der Waals surface area contributed by atoms with Crippen molar-refractivity contribution in [1.29, 1.82) is 0 Å². The molecule has 0 spiro atoms. The van der Waals surface area contributed by atoms with Crippen LogP contribution < -0.4 is 15.8 Å². The first kappa shape index (κ1) is 24.9. The molecule has 1 aromatic heterocycles. The summed E-state index contributed by atoms with van der Waals surface area (Å²) in [5.41, 5.74) is 1.27. The Morgan fingerprint density at radius 2 is 1.83 bits per heavy atom. The maximum absolute atomic E-state index is 14.7. The van der Waals surface area contributed by atoms with Gasteiger partial charge in [0.25, 0.3) is 5.56 Å². The van der Waals surface area contributed by atoms with Crippen LogP contribution in [-0.4, -0.2) is 58.6 Å². The standard InChI is InChI=1S/C27H34FN5O2/c1-18(2)29-25(34)17-33-26(21-8-5-6-9-23(21)28)30-24-11-10-20(16-22(24)27(33)35)32-13-7-12-31(14-15-32)19(3)4/h5-6,8-11,16,18-19H,7,12-15,17H2,1-4H3,(H,29,34). The second-order valence-corrected chi connectivity index (χ2v) is 9.70. The van der Waals surface area contributed by atoms with Crippen molar-refractivity contribution in [3.63, 3.8) is 0 Å². The number of benzene rings is 2. The summed E-state index contributed by atoms with van der Waals surface area (Å²) in [4.78, 5) is 35.7. The Kier molecular flexibility index (Phi) is 7.50. The van der Waals surface area contributed by atoms with E-state index >= 15 is 0 Å². The Morgan fingerprint density at radius 3 is 2.54 bits per heavy atom. The summed E-state index contributed by atoms with van der Waals surface area (Å²) >= 11 is 0. The second kappa shape index (κ2) is 10.6. The summed E-state index contributed by atoms with van der Waals surface area (Å²) in [6, 6.07) is 12.2. The molecule has 3 aromatic rings. The first-order chi connectivity index (χ1) is 16.7. The monoisotopic (exact) mass is 479 g/mol. The molecule has 1 N–H and O–H groups in total. The molecule has 2 aromatic carbocycles. The average molecular weight is 480 g/mol. The summed E-state index contributed by atoms with van der Waals surface area (Å²) in [5, 5.41) is 3.23. The Bertz CT molecular complexity index is 1270. The molecular weight excluding hydrogens is 445 g/mol. The number of carbonyl (C=O) groups is 1. The fraction of sp³-hybridized carbons (Fsp3) is 0.444. The zero-order valence-corrected chi connectivity index (χ0v) is 20.9. The topological polar surface area (TPSA) is 70.5 Å². The van der Waals surface area contributed by atoms with E-state index in [2.05, 4.69) is 33.9 Å². The van der Waals surface area contributed by atoms with E-state index in [1.807, 2.05) is 32.0 Å². The van der Waals surface area contributed by atoms with Crippen LogP contribution in [0.3, 0.4) is 0 Å². The van der Waals surface area contributed by atoms with Gasteiger partial charge >= 0.3 is 0 Å². The third kappa shape index (κ3) is 5.53. The molecule has 0 radical (unpaired) electrons. The number of nitrogens with zero attached hydrogens (tertiary/aromatic N) is 4. The number of halogens is 1. The van der Waals surface area contributed by atoms with Gasteiger partial charge in [-0.2, -0.15) is 0 Å². The van der Waals surface area contributed by atoms with Gasteiger partial charge in [-0.15, -0.1) is 0 Å². The number of amides is 1. The quantitative estimate of drug-likeness (QED) is 0.585. The molecule has 2 heterocycles. The highest BCUT2D eigenvalue weighted by molar-refractivity contribution is 5.84. The van der Waals surface area contributed by atoms with Crippen LogP contribution in [0.4, 0.5) is 10.1 Å². The lowest BCUT2D eigenvalue weighted by molar-refractivity contribution is -0.122. The van der Waals surface area contributed by atoms with Crippen LogP contribution in [-0.2, 0) is 11.3 Å². The van der Waals surface area contributed by atoms with E-state index in [-0.39, 0.29) is 35.4 Å². The van der Waals surface area contributed by atoms with Crippen molar-refractivity contribution in [2.24, 2.45) is 0 Å². The maximum atomic E-state index is 14.7. The summed E-state index contributed by atoms with van der Waals surface area (Å²) in [7, 11) is 0. The Hall–Kier alpha value is -3.26. The maximum Gasteiger partial charge on any atom is 0.262 e. The molecule has 4 rings (SSSR count). The second-order valence-electron chi connectivity index (χ2n) is 9.70. The van der Waals surface area contributed by atoms with Crippen LogP contribution in [0.15, 0.2) is 47.3 Å². The van der Waals surface area contributed by atoms with Crippen LogP contribution in [0.5, 0.6) is 0 Å². The minimum absolute atomic E-state index is 0.0800. The summed E-state index contributed by atoms with van der Waals surface area (Å²) in [5.74, 6) is -0.666. The van der Waals surface area contributed by atoms with E-state index in [4.69, 9.17) is 0 Å². The van der Waals surface area contributed by atoms with E-state index in [0.717, 1.165) is 38.3 Å². The molecule has 0 aliphatic carbocycles. The van der Waals surface area contributed by atoms with E-state index in [1.54, 1.807) is 18.2 Å². The number of aromatic nitrogens is 2. The van der Waals surface area contributed by atoms with Gasteiger partial charge in [0, 0.05) is 44.0 Å². The zero-order chi connectivity index (χ0) is 25.1. The Morgan fingerprint density at radius 1 is 1.06 bits per heavy atom. The third-order valence-electron chi connectivity index (χ3n) is 6.43. The van der Waals surface area contributed by atoms with Gasteiger partial charge in [0.15, 0.2) is 0 Å². The number of hydrogen-bond acceptors (Lipinski definition) is 5. The molecular formula is C27H34FN5O2. The first-order valence-electron chi connectivity index (χ1n) is 12.3. The van der Waals surface area contributed by atoms with Crippen LogP contribution in [0, 0.1) is 5.82 Å². The van der Waals surface area contributed by atoms with Crippen LogP contribution in [0.25, 0.3) is 22.3 Å². The minimum Gasteiger partial charge on any atom is -0.370 e. The molecule has 35 heavy (non-hydrogen) atoms. The van der Waals surface area contributed by atoms with Crippen molar-refractivity contribution < 1.29 is 9.18 Å². The van der Waals surface area contributed by atoms with Gasteiger partial charge < -0.3 is 10.2 Å². The summed E-state index contributed by atoms with van der Waals surface area (Å²) in [6.45, 7) is 11.7. The van der Waals surface area contributed by atoms with E-state index in [0.29, 0.717) is 16.9 Å². The summed E-state index contributed by atoms with van der Waals surface area (Å²) < 4.78 is 16.0. The molecule has 1 aliphatic heterocycles. The van der Waals surface area contributed by atoms with E-state index < -0.39 is 5.82 Å². The smallest absolute Gasteiger partial charge is 0.262 e. The molecule has 8 heteroatoms. The number of hydrogen-bond donors (Lipinski definition) is 1. The Labute approximate surface area is 205 Å². The van der Waals surface area contributed by atoms with E-state index in [1.165, 1.54) is 10.6 Å². The number of carbonyl (C=O) groups excluding carboxylic acids is 1. The molecule has 1 fully saturated rings. The lowest BCUT2D eigenvalue weighted by Crippen LogP contribution is -2.37. The van der Waals surface area contributed by atoms with Crippen LogP contribution in [0.2, 0.25) is 0 Å². The van der Waals surface area contributed by atoms with Crippen molar-refractivity contribution in [2.45, 2.75) is 52.7 Å². The number of rotatable bonds is 6. The lowest BCUT2D eigenvalue weighted by Gasteiger charge is -2.26. The predicted octanol–water partition coefficient (Wildman–Crippen LogP) is 3.65. The molecule has 1 aliphatic rings. The van der Waals surface area contributed by atoms with Crippen molar-refractivity contribution in [3.05, 3.63) is 58.6 Å². The fourth-order valence-electron chi connectivity index (χ4n) is 4.62. The molecule has 0 saturated carbocycles. The van der Waals surface area contributed by atoms with Crippen molar-refractivity contribution in [1.82, 2.24) is 19.8 Å². The highest BCUT2D eigenvalue weighted by atomic mass is 19.1. The molecule has 1 saturated heterocycles. The normalized spacial score (nSPS) is 15.1. The lowest BCUT2D eigenvalue weighted by atomic mass is 10.1. The molecule has 1 amide bonds. The Balaban J connectivity index is 1.78.